The lowest BCUT2D eigenvalue weighted by Gasteiger charge is -2.41. The number of carbonyl (C=O) groups is 2. The molecule has 0 spiro atoms. The average molecular weight is 280 g/mol. The molecule has 1 aliphatic heterocycles. The Balaban J connectivity index is 1.86. The van der Waals surface area contributed by atoms with Crippen molar-refractivity contribution in [2.75, 3.05) is 19.6 Å². The van der Waals surface area contributed by atoms with Crippen LogP contribution in [-0.2, 0) is 4.79 Å². The zero-order chi connectivity index (χ0) is 14.2. The highest BCUT2D eigenvalue weighted by Crippen LogP contribution is 2.32. The van der Waals surface area contributed by atoms with E-state index in [1.54, 1.807) is 0 Å². The molecule has 1 heterocycles. The van der Waals surface area contributed by atoms with Crippen LogP contribution in [0.2, 0.25) is 0 Å². The van der Waals surface area contributed by atoms with Gasteiger partial charge < -0.3 is 14.9 Å². The van der Waals surface area contributed by atoms with Crippen LogP contribution < -0.4 is 0 Å². The summed E-state index contributed by atoms with van der Waals surface area (Å²) in [7, 11) is 0. The maximum atomic E-state index is 12.4. The van der Waals surface area contributed by atoms with Crippen LogP contribution in [0.25, 0.3) is 0 Å². The normalized spacial score (nSPS) is 20.1. The average Bonchev–Trinajstić information content (AvgIpc) is 3.00. The lowest BCUT2D eigenvalue weighted by atomic mass is 9.97. The van der Waals surface area contributed by atoms with Crippen LogP contribution in [0.1, 0.15) is 19.3 Å². The van der Waals surface area contributed by atoms with E-state index in [0.717, 1.165) is 4.90 Å². The number of nitrogens with zero attached hydrogens (tertiary/aromatic N) is 2. The van der Waals surface area contributed by atoms with Gasteiger partial charge >= 0.3 is 18.2 Å². The van der Waals surface area contributed by atoms with E-state index >= 15 is 0 Å². The lowest BCUT2D eigenvalue weighted by Crippen LogP contribution is -2.57. The molecule has 2 rings (SSSR count). The number of urea groups is 1. The molecule has 1 aliphatic carbocycles. The van der Waals surface area contributed by atoms with Crippen LogP contribution in [0.3, 0.4) is 0 Å². The van der Waals surface area contributed by atoms with E-state index in [9.17, 15) is 22.8 Å². The Kier molecular flexibility index (Phi) is 3.60. The highest BCUT2D eigenvalue weighted by molar-refractivity contribution is 5.76. The summed E-state index contributed by atoms with van der Waals surface area (Å²) < 4.78 is 37.2. The molecule has 0 aromatic carbocycles. The maximum absolute atomic E-state index is 12.4. The van der Waals surface area contributed by atoms with Gasteiger partial charge in [0.1, 0.15) is 6.54 Å². The number of likely N-dealkylation sites (tertiary alicyclic amines) is 1. The number of hydrogen-bond donors (Lipinski definition) is 1. The summed E-state index contributed by atoms with van der Waals surface area (Å²) in [5.41, 5.74) is 0. The van der Waals surface area contributed by atoms with E-state index in [2.05, 4.69) is 0 Å². The van der Waals surface area contributed by atoms with E-state index in [1.807, 2.05) is 0 Å². The Hall–Kier alpha value is -1.47. The molecule has 1 saturated carbocycles. The van der Waals surface area contributed by atoms with E-state index < -0.39 is 24.7 Å². The van der Waals surface area contributed by atoms with Crippen molar-refractivity contribution in [2.24, 2.45) is 5.92 Å². The van der Waals surface area contributed by atoms with Gasteiger partial charge in [-0.3, -0.25) is 4.79 Å². The van der Waals surface area contributed by atoms with Crippen molar-refractivity contribution in [2.45, 2.75) is 31.5 Å². The van der Waals surface area contributed by atoms with Gasteiger partial charge in [-0.2, -0.15) is 13.2 Å². The fraction of sp³-hybridized carbons (Fsp3) is 0.818. The predicted octanol–water partition coefficient (Wildman–Crippen LogP) is 1.54. The van der Waals surface area contributed by atoms with Gasteiger partial charge in [0.15, 0.2) is 0 Å². The van der Waals surface area contributed by atoms with Gasteiger partial charge in [-0.15, -0.1) is 0 Å². The minimum Gasteiger partial charge on any atom is -0.481 e. The fourth-order valence-corrected chi connectivity index (χ4v) is 2.22. The number of halogens is 3. The van der Waals surface area contributed by atoms with Crippen LogP contribution in [0.15, 0.2) is 0 Å². The Bertz CT molecular complexity index is 376. The Labute approximate surface area is 108 Å². The number of carboxylic acid groups (broad SMARTS) is 1. The molecule has 0 radical (unpaired) electrons. The third-order valence-corrected chi connectivity index (χ3v) is 3.27. The summed E-state index contributed by atoms with van der Waals surface area (Å²) in [4.78, 5) is 24.5. The lowest BCUT2D eigenvalue weighted by molar-refractivity contribution is -0.143. The second kappa shape index (κ2) is 4.90. The topological polar surface area (TPSA) is 60.9 Å². The van der Waals surface area contributed by atoms with E-state index in [0.29, 0.717) is 12.8 Å². The van der Waals surface area contributed by atoms with Crippen LogP contribution >= 0.6 is 0 Å². The molecule has 19 heavy (non-hydrogen) atoms. The van der Waals surface area contributed by atoms with Gasteiger partial charge in [0, 0.05) is 25.0 Å². The summed E-state index contributed by atoms with van der Waals surface area (Å²) in [6.45, 7) is -0.769. The molecule has 5 nitrogen and oxygen atoms in total. The van der Waals surface area contributed by atoms with E-state index in [4.69, 9.17) is 5.11 Å². The van der Waals surface area contributed by atoms with E-state index in [1.165, 1.54) is 4.90 Å². The molecule has 2 aliphatic rings. The monoisotopic (exact) mass is 280 g/mol. The van der Waals surface area contributed by atoms with Gasteiger partial charge in [0.25, 0.3) is 0 Å². The molecule has 2 fully saturated rings. The first kappa shape index (κ1) is 14.0. The molecule has 108 valence electrons. The first-order valence-corrected chi connectivity index (χ1v) is 6.10. The van der Waals surface area contributed by atoms with Gasteiger partial charge in [-0.25, -0.2) is 4.79 Å². The smallest absolute Gasteiger partial charge is 0.406 e. The number of aliphatic carboxylic acids is 1. The van der Waals surface area contributed by atoms with Crippen molar-refractivity contribution in [3.8, 4) is 0 Å². The molecule has 0 aromatic rings. The highest BCUT2D eigenvalue weighted by Gasteiger charge is 2.44. The summed E-state index contributed by atoms with van der Waals surface area (Å²) in [6.07, 6.45) is -3.24. The van der Waals surface area contributed by atoms with Gasteiger partial charge in [0.2, 0.25) is 0 Å². The Morgan fingerprint density at radius 3 is 2.26 bits per heavy atom. The maximum Gasteiger partial charge on any atom is 0.406 e. The predicted molar refractivity (Wildman–Crippen MR) is 58.5 cm³/mol. The Morgan fingerprint density at radius 2 is 1.84 bits per heavy atom. The molecule has 0 atom stereocenters. The van der Waals surface area contributed by atoms with Gasteiger partial charge in [-0.1, -0.05) is 0 Å². The van der Waals surface area contributed by atoms with Crippen LogP contribution in [0.4, 0.5) is 18.0 Å². The van der Waals surface area contributed by atoms with Crippen molar-refractivity contribution in [3.63, 3.8) is 0 Å². The Morgan fingerprint density at radius 1 is 1.26 bits per heavy atom. The first-order valence-electron chi connectivity index (χ1n) is 6.10. The quantitative estimate of drug-likeness (QED) is 0.849. The third-order valence-electron chi connectivity index (χ3n) is 3.27. The standard InChI is InChI=1S/C11H15F3N2O3/c12-11(13,14)6-16(8-1-2-8)10(19)15-4-7(5-15)3-9(17)18/h7-8H,1-6H2,(H,17,18). The number of amides is 2. The van der Waals surface area contributed by atoms with Crippen molar-refractivity contribution < 1.29 is 27.9 Å². The van der Waals surface area contributed by atoms with Crippen LogP contribution in [0, 0.1) is 5.92 Å². The number of carboxylic acids is 1. The van der Waals surface area contributed by atoms with Gasteiger partial charge in [-0.05, 0) is 12.8 Å². The summed E-state index contributed by atoms with van der Waals surface area (Å²) in [5, 5.41) is 8.57. The zero-order valence-electron chi connectivity index (χ0n) is 10.2. The molecule has 1 N–H and O–H groups in total. The van der Waals surface area contributed by atoms with Gasteiger partial charge in [0.05, 0.1) is 6.42 Å². The highest BCUT2D eigenvalue weighted by atomic mass is 19.4. The summed E-state index contributed by atoms with van der Waals surface area (Å²) in [5.74, 6) is -1.10. The second-order valence-electron chi connectivity index (χ2n) is 5.13. The molecule has 0 unspecified atom stereocenters. The molecule has 8 heteroatoms. The fourth-order valence-electron chi connectivity index (χ4n) is 2.22. The number of carbonyl (C=O) groups excluding carboxylic acids is 1. The van der Waals surface area contributed by atoms with Crippen molar-refractivity contribution in [1.82, 2.24) is 9.80 Å². The number of hydrogen-bond acceptors (Lipinski definition) is 2. The number of alkyl halides is 3. The zero-order valence-corrected chi connectivity index (χ0v) is 10.2. The number of rotatable bonds is 4. The van der Waals surface area contributed by atoms with Crippen molar-refractivity contribution in [1.29, 1.82) is 0 Å². The SMILES string of the molecule is O=C(O)CC1CN(C(=O)N(CC(F)(F)F)C2CC2)C1. The minimum absolute atomic E-state index is 0.0491. The van der Waals surface area contributed by atoms with E-state index in [-0.39, 0.29) is 31.5 Å². The summed E-state index contributed by atoms with van der Waals surface area (Å²) in [6, 6.07) is -0.936. The van der Waals surface area contributed by atoms with Crippen molar-refractivity contribution >= 4 is 12.0 Å². The third kappa shape index (κ3) is 3.74. The minimum atomic E-state index is -4.40. The molecule has 0 aromatic heterocycles. The molecular weight excluding hydrogens is 265 g/mol. The largest absolute Gasteiger partial charge is 0.481 e. The van der Waals surface area contributed by atoms with Crippen LogP contribution in [0.5, 0.6) is 0 Å². The molecule has 0 bridgehead atoms. The molecule has 1 saturated heterocycles. The molecular formula is C11H15F3N2O3. The first-order chi connectivity index (χ1) is 8.76. The summed E-state index contributed by atoms with van der Waals surface area (Å²) >= 11 is 0. The molecule has 2 amide bonds. The van der Waals surface area contributed by atoms with Crippen LogP contribution in [-0.4, -0.2) is 58.8 Å². The second-order valence-corrected chi connectivity index (χ2v) is 5.13. The van der Waals surface area contributed by atoms with Crippen molar-refractivity contribution in [3.05, 3.63) is 0 Å².